The van der Waals surface area contributed by atoms with Crippen molar-refractivity contribution >= 4 is 15.9 Å². The van der Waals surface area contributed by atoms with Crippen molar-refractivity contribution < 1.29 is 9.47 Å². The van der Waals surface area contributed by atoms with Gasteiger partial charge < -0.3 is 14.8 Å². The molecule has 0 aliphatic carbocycles. The van der Waals surface area contributed by atoms with Crippen LogP contribution in [0.4, 0.5) is 0 Å². The van der Waals surface area contributed by atoms with Crippen molar-refractivity contribution in [2.75, 3.05) is 13.7 Å². The molecular formula is C17H20BrNO2. The zero-order valence-electron chi connectivity index (χ0n) is 12.4. The minimum atomic E-state index is 0.533. The molecule has 0 amide bonds. The molecule has 0 aromatic heterocycles. The van der Waals surface area contributed by atoms with Crippen LogP contribution in [0.2, 0.25) is 0 Å². The van der Waals surface area contributed by atoms with Crippen LogP contribution in [0.5, 0.6) is 11.5 Å². The highest BCUT2D eigenvalue weighted by atomic mass is 79.9. The van der Waals surface area contributed by atoms with Gasteiger partial charge in [-0.15, -0.1) is 0 Å². The molecule has 0 unspecified atom stereocenters. The highest BCUT2D eigenvalue weighted by molar-refractivity contribution is 9.10. The third kappa shape index (κ3) is 4.48. The molecule has 3 nitrogen and oxygen atoms in total. The Hall–Kier alpha value is -1.52. The summed E-state index contributed by atoms with van der Waals surface area (Å²) >= 11 is 3.49. The zero-order valence-corrected chi connectivity index (χ0v) is 13.9. The topological polar surface area (TPSA) is 30.5 Å². The van der Waals surface area contributed by atoms with Gasteiger partial charge in [0.1, 0.15) is 18.1 Å². The Kier molecular flexibility index (Phi) is 6.08. The van der Waals surface area contributed by atoms with E-state index in [0.717, 1.165) is 34.6 Å². The number of benzene rings is 2. The first kappa shape index (κ1) is 15.9. The molecule has 2 aromatic carbocycles. The summed E-state index contributed by atoms with van der Waals surface area (Å²) in [5.41, 5.74) is 2.27. The number of ether oxygens (including phenoxy) is 2. The largest absolute Gasteiger partial charge is 0.496 e. The first-order valence-corrected chi connectivity index (χ1v) is 7.77. The number of hydrogen-bond donors (Lipinski definition) is 1. The fraction of sp³-hybridized carbons (Fsp3) is 0.294. The van der Waals surface area contributed by atoms with Crippen LogP contribution in [-0.2, 0) is 13.2 Å². The zero-order chi connectivity index (χ0) is 15.1. The summed E-state index contributed by atoms with van der Waals surface area (Å²) in [7, 11) is 1.66. The fourth-order valence-corrected chi connectivity index (χ4v) is 2.60. The van der Waals surface area contributed by atoms with Crippen molar-refractivity contribution in [1.29, 1.82) is 0 Å². The van der Waals surface area contributed by atoms with Gasteiger partial charge >= 0.3 is 0 Å². The third-order valence-corrected chi connectivity index (χ3v) is 3.77. The summed E-state index contributed by atoms with van der Waals surface area (Å²) in [4.78, 5) is 0. The number of para-hydroxylation sites is 1. The molecule has 21 heavy (non-hydrogen) atoms. The van der Waals surface area contributed by atoms with Crippen LogP contribution in [0.1, 0.15) is 18.1 Å². The molecule has 2 rings (SSSR count). The van der Waals surface area contributed by atoms with Crippen LogP contribution in [0, 0.1) is 0 Å². The van der Waals surface area contributed by atoms with E-state index in [1.165, 1.54) is 5.56 Å². The van der Waals surface area contributed by atoms with Crippen LogP contribution in [-0.4, -0.2) is 13.7 Å². The van der Waals surface area contributed by atoms with E-state index in [-0.39, 0.29) is 0 Å². The lowest BCUT2D eigenvalue weighted by Crippen LogP contribution is -2.12. The van der Waals surface area contributed by atoms with Gasteiger partial charge in [-0.05, 0) is 46.2 Å². The molecule has 0 spiro atoms. The second-order valence-corrected chi connectivity index (χ2v) is 5.50. The van der Waals surface area contributed by atoms with E-state index < -0.39 is 0 Å². The van der Waals surface area contributed by atoms with Gasteiger partial charge in [0.15, 0.2) is 0 Å². The van der Waals surface area contributed by atoms with E-state index in [1.807, 2.05) is 36.4 Å². The summed E-state index contributed by atoms with van der Waals surface area (Å²) in [6, 6.07) is 14.1. The van der Waals surface area contributed by atoms with Gasteiger partial charge in [0.25, 0.3) is 0 Å². The predicted octanol–water partition coefficient (Wildman–Crippen LogP) is 4.15. The van der Waals surface area contributed by atoms with Crippen LogP contribution in [0.15, 0.2) is 46.9 Å². The normalized spacial score (nSPS) is 10.4. The Bertz CT molecular complexity index is 587. The second kappa shape index (κ2) is 8.05. The Balaban J connectivity index is 2.04. The molecule has 112 valence electrons. The third-order valence-electron chi connectivity index (χ3n) is 3.15. The number of nitrogens with one attached hydrogen (secondary N) is 1. The van der Waals surface area contributed by atoms with Gasteiger partial charge in [-0.25, -0.2) is 0 Å². The van der Waals surface area contributed by atoms with E-state index in [2.05, 4.69) is 34.2 Å². The van der Waals surface area contributed by atoms with E-state index in [9.17, 15) is 0 Å². The van der Waals surface area contributed by atoms with Crippen LogP contribution in [0.25, 0.3) is 0 Å². The molecule has 0 fully saturated rings. The minimum Gasteiger partial charge on any atom is -0.496 e. The van der Waals surface area contributed by atoms with Gasteiger partial charge in [-0.1, -0.05) is 31.2 Å². The molecule has 0 saturated heterocycles. The summed E-state index contributed by atoms with van der Waals surface area (Å²) in [5.74, 6) is 1.75. The lowest BCUT2D eigenvalue weighted by atomic mass is 10.2. The van der Waals surface area contributed by atoms with Crippen LogP contribution >= 0.6 is 15.9 Å². The van der Waals surface area contributed by atoms with Gasteiger partial charge in [-0.2, -0.15) is 0 Å². The molecule has 0 saturated carbocycles. The minimum absolute atomic E-state index is 0.533. The van der Waals surface area contributed by atoms with E-state index in [4.69, 9.17) is 9.47 Å². The average Bonchev–Trinajstić information content (AvgIpc) is 2.52. The lowest BCUT2D eigenvalue weighted by Gasteiger charge is -2.12. The van der Waals surface area contributed by atoms with Crippen molar-refractivity contribution in [2.45, 2.75) is 20.1 Å². The fourth-order valence-electron chi connectivity index (χ4n) is 2.01. The first-order chi connectivity index (χ1) is 10.2. The van der Waals surface area contributed by atoms with Gasteiger partial charge in [0.05, 0.1) is 11.6 Å². The van der Waals surface area contributed by atoms with Crippen molar-refractivity contribution in [3.63, 3.8) is 0 Å². The summed E-state index contributed by atoms with van der Waals surface area (Å²) < 4.78 is 12.1. The Morgan fingerprint density at radius 3 is 2.62 bits per heavy atom. The molecule has 4 heteroatoms. The molecule has 0 bridgehead atoms. The first-order valence-electron chi connectivity index (χ1n) is 6.98. The van der Waals surface area contributed by atoms with Crippen LogP contribution in [0.3, 0.4) is 0 Å². The molecule has 0 atom stereocenters. The maximum absolute atomic E-state index is 5.95. The Labute approximate surface area is 134 Å². The van der Waals surface area contributed by atoms with Crippen molar-refractivity contribution in [3.05, 3.63) is 58.1 Å². The van der Waals surface area contributed by atoms with Crippen LogP contribution < -0.4 is 14.8 Å². The standard InChI is InChI=1S/C17H20BrNO2/c1-3-19-11-14-6-4-5-7-16(14)21-12-13-8-9-17(20-2)15(18)10-13/h4-10,19H,3,11-12H2,1-2H3. The molecule has 2 aromatic rings. The quantitative estimate of drug-likeness (QED) is 0.814. The average molecular weight is 350 g/mol. The smallest absolute Gasteiger partial charge is 0.133 e. The summed E-state index contributed by atoms with van der Waals surface area (Å²) in [5, 5.41) is 3.32. The molecule has 0 radical (unpaired) electrons. The number of hydrogen-bond acceptors (Lipinski definition) is 3. The Morgan fingerprint density at radius 2 is 1.90 bits per heavy atom. The van der Waals surface area contributed by atoms with E-state index in [1.54, 1.807) is 7.11 Å². The lowest BCUT2D eigenvalue weighted by molar-refractivity contribution is 0.302. The highest BCUT2D eigenvalue weighted by Gasteiger charge is 2.05. The van der Waals surface area contributed by atoms with Gasteiger partial charge in [0.2, 0.25) is 0 Å². The maximum Gasteiger partial charge on any atom is 0.133 e. The maximum atomic E-state index is 5.95. The second-order valence-electron chi connectivity index (χ2n) is 4.65. The van der Waals surface area contributed by atoms with Gasteiger partial charge in [0, 0.05) is 12.1 Å². The van der Waals surface area contributed by atoms with Crippen molar-refractivity contribution in [3.8, 4) is 11.5 Å². The summed E-state index contributed by atoms with van der Waals surface area (Å²) in [6.45, 7) is 4.39. The number of methoxy groups -OCH3 is 1. The summed E-state index contributed by atoms with van der Waals surface area (Å²) in [6.07, 6.45) is 0. The number of halogens is 1. The Morgan fingerprint density at radius 1 is 1.10 bits per heavy atom. The van der Waals surface area contributed by atoms with E-state index >= 15 is 0 Å². The SMILES string of the molecule is CCNCc1ccccc1OCc1ccc(OC)c(Br)c1. The predicted molar refractivity (Wildman–Crippen MR) is 88.8 cm³/mol. The van der Waals surface area contributed by atoms with Gasteiger partial charge in [-0.3, -0.25) is 0 Å². The number of rotatable bonds is 7. The molecule has 1 N–H and O–H groups in total. The molecular weight excluding hydrogens is 330 g/mol. The van der Waals surface area contributed by atoms with Crippen molar-refractivity contribution in [1.82, 2.24) is 5.32 Å². The molecule has 0 aliphatic rings. The molecule has 0 aliphatic heterocycles. The highest BCUT2D eigenvalue weighted by Crippen LogP contribution is 2.26. The molecule has 0 heterocycles. The van der Waals surface area contributed by atoms with E-state index in [0.29, 0.717) is 6.61 Å². The van der Waals surface area contributed by atoms with Crippen molar-refractivity contribution in [2.24, 2.45) is 0 Å². The monoisotopic (exact) mass is 349 g/mol.